The standard InChI is InChI=1S/C8H20O5P2S2.C6H12N2O4S2/c1-5-9-14(16,10-6-2)13-15(17,11-7-3)12-8-4;7-3(5(9)10)1-13-14-2-4(8)6(11)12/h5-8H2,1-4H3;3-4H,1-2,7-8H2,(H,9,10)(H,11,12)/t;3-,4-/m.0/s1. The Kier molecular flexibility index (Phi) is 20.8. The van der Waals surface area contributed by atoms with Gasteiger partial charge in [-0.1, -0.05) is 21.6 Å². The first-order valence-electron chi connectivity index (χ1n) is 9.10. The highest BCUT2D eigenvalue weighted by atomic mass is 33.1. The molecule has 0 aliphatic heterocycles. The summed E-state index contributed by atoms with van der Waals surface area (Å²) in [5.74, 6) is -1.68. The zero-order valence-electron chi connectivity index (χ0n) is 17.8. The molecule has 0 aromatic heterocycles. The maximum atomic E-state index is 10.3. The molecule has 0 bridgehead atoms. The van der Waals surface area contributed by atoms with Gasteiger partial charge in [-0.2, -0.15) is 0 Å². The molecule has 17 heteroatoms. The first kappa shape index (κ1) is 33.8. The molecule has 0 saturated carbocycles. The lowest BCUT2D eigenvalue weighted by Crippen LogP contribution is -2.33. The van der Waals surface area contributed by atoms with Crippen molar-refractivity contribution in [1.82, 2.24) is 0 Å². The van der Waals surface area contributed by atoms with Gasteiger partial charge < -0.3 is 39.8 Å². The number of hydrogen-bond acceptors (Lipinski definition) is 13. The lowest BCUT2D eigenvalue weighted by molar-refractivity contribution is -0.138. The molecule has 0 amide bonds. The summed E-state index contributed by atoms with van der Waals surface area (Å²) in [6, 6.07) is -1.85. The van der Waals surface area contributed by atoms with Gasteiger partial charge in [0.2, 0.25) is 0 Å². The minimum absolute atomic E-state index is 0.229. The number of nitrogens with two attached hydrogens (primary N) is 2. The zero-order chi connectivity index (χ0) is 24.5. The van der Waals surface area contributed by atoms with Gasteiger partial charge in [0.05, 0.1) is 26.4 Å². The molecule has 186 valence electrons. The van der Waals surface area contributed by atoms with Gasteiger partial charge in [0.15, 0.2) is 0 Å². The van der Waals surface area contributed by atoms with E-state index < -0.39 is 37.5 Å². The summed E-state index contributed by atoms with van der Waals surface area (Å²) in [5, 5.41) is 16.8. The molecule has 0 unspecified atom stereocenters. The van der Waals surface area contributed by atoms with Crippen LogP contribution in [-0.4, -0.2) is 72.2 Å². The van der Waals surface area contributed by atoms with Crippen molar-refractivity contribution >= 4 is 70.6 Å². The number of hydrogen-bond donors (Lipinski definition) is 4. The number of carboxylic acids is 2. The molecule has 0 rings (SSSR count). The molecule has 0 aromatic rings. The lowest BCUT2D eigenvalue weighted by atomic mass is 10.4. The van der Waals surface area contributed by atoms with Crippen LogP contribution in [0.4, 0.5) is 0 Å². The molecule has 11 nitrogen and oxygen atoms in total. The van der Waals surface area contributed by atoms with Crippen molar-refractivity contribution in [2.45, 2.75) is 39.8 Å². The van der Waals surface area contributed by atoms with Crippen LogP contribution in [0.3, 0.4) is 0 Å². The van der Waals surface area contributed by atoms with Gasteiger partial charge in [-0.3, -0.25) is 9.59 Å². The third kappa shape index (κ3) is 17.8. The average molecular weight is 563 g/mol. The molecular formula is C14H32N2O9P2S4. The predicted octanol–water partition coefficient (Wildman–Crippen LogP) is 2.79. The smallest absolute Gasteiger partial charge is 0.334 e. The molecule has 0 aliphatic carbocycles. The molecule has 0 aromatic carbocycles. The highest BCUT2D eigenvalue weighted by Gasteiger charge is 2.32. The number of aliphatic carboxylic acids is 2. The molecule has 0 fully saturated rings. The maximum Gasteiger partial charge on any atom is 0.334 e. The van der Waals surface area contributed by atoms with Gasteiger partial charge in [-0.15, -0.1) is 0 Å². The van der Waals surface area contributed by atoms with E-state index >= 15 is 0 Å². The van der Waals surface area contributed by atoms with E-state index in [0.717, 1.165) is 0 Å². The SMILES string of the molecule is CCOP(=S)(OCC)OP(=S)(OCC)OCC.N[C@@H](CSSC[C@H](N)C(=O)O)C(=O)O. The van der Waals surface area contributed by atoms with Crippen molar-refractivity contribution in [3.05, 3.63) is 0 Å². The number of carboxylic acid groups (broad SMARTS) is 2. The number of rotatable bonds is 17. The van der Waals surface area contributed by atoms with E-state index in [4.69, 9.17) is 67.7 Å². The Morgan fingerprint density at radius 1 is 0.774 bits per heavy atom. The molecular weight excluding hydrogens is 530 g/mol. The van der Waals surface area contributed by atoms with Crippen LogP contribution in [0.25, 0.3) is 0 Å². The van der Waals surface area contributed by atoms with Crippen molar-refractivity contribution in [2.24, 2.45) is 11.5 Å². The summed E-state index contributed by atoms with van der Waals surface area (Å²) in [6.07, 6.45) is 0. The third-order valence-electron chi connectivity index (χ3n) is 2.56. The quantitative estimate of drug-likeness (QED) is 0.116. The average Bonchev–Trinajstić information content (AvgIpc) is 2.65. The normalized spacial score (nSPS) is 13.7. The van der Waals surface area contributed by atoms with E-state index in [-0.39, 0.29) is 11.5 Å². The van der Waals surface area contributed by atoms with Gasteiger partial charge in [-0.25, -0.2) is 4.31 Å². The lowest BCUT2D eigenvalue weighted by Gasteiger charge is -2.27. The monoisotopic (exact) mass is 562 g/mol. The number of carbonyl (C=O) groups is 2. The van der Waals surface area contributed by atoms with E-state index in [9.17, 15) is 9.59 Å². The summed E-state index contributed by atoms with van der Waals surface area (Å²) in [7, 11) is 2.41. The second kappa shape index (κ2) is 19.0. The summed E-state index contributed by atoms with van der Waals surface area (Å²) in [5.41, 5.74) is 10.4. The Morgan fingerprint density at radius 3 is 1.23 bits per heavy atom. The minimum atomic E-state index is -2.87. The highest BCUT2D eigenvalue weighted by molar-refractivity contribution is 8.76. The van der Waals surface area contributed by atoms with Crippen LogP contribution >= 0.6 is 35.0 Å². The fourth-order valence-electron chi connectivity index (χ4n) is 1.31. The van der Waals surface area contributed by atoms with E-state index in [1.807, 2.05) is 27.7 Å². The zero-order valence-corrected chi connectivity index (χ0v) is 22.9. The molecule has 0 heterocycles. The highest BCUT2D eigenvalue weighted by Crippen LogP contribution is 2.66. The molecule has 0 saturated heterocycles. The van der Waals surface area contributed by atoms with Gasteiger partial charge in [-0.05, 0) is 51.3 Å². The van der Waals surface area contributed by atoms with Crippen molar-refractivity contribution in [1.29, 1.82) is 0 Å². The fourth-order valence-corrected chi connectivity index (χ4v) is 9.91. The molecule has 0 aliphatic rings. The van der Waals surface area contributed by atoms with E-state index in [0.29, 0.717) is 26.4 Å². The van der Waals surface area contributed by atoms with Crippen molar-refractivity contribution in [3.8, 4) is 0 Å². The maximum absolute atomic E-state index is 10.3. The summed E-state index contributed by atoms with van der Waals surface area (Å²) in [6.45, 7) is 3.09. The molecule has 0 spiro atoms. The molecule has 2 atom stereocenters. The van der Waals surface area contributed by atoms with Crippen LogP contribution in [0.1, 0.15) is 27.7 Å². The summed E-state index contributed by atoms with van der Waals surface area (Å²) < 4.78 is 26.9. The van der Waals surface area contributed by atoms with Crippen LogP contribution in [0.15, 0.2) is 0 Å². The van der Waals surface area contributed by atoms with Gasteiger partial charge >= 0.3 is 25.4 Å². The Balaban J connectivity index is 0. The van der Waals surface area contributed by atoms with Crippen LogP contribution in [0.2, 0.25) is 0 Å². The van der Waals surface area contributed by atoms with Crippen molar-refractivity contribution in [3.63, 3.8) is 0 Å². The van der Waals surface area contributed by atoms with Gasteiger partial charge in [0, 0.05) is 11.5 Å². The first-order chi connectivity index (χ1) is 14.4. The third-order valence-corrected chi connectivity index (χ3v) is 11.4. The van der Waals surface area contributed by atoms with Crippen LogP contribution in [0.5, 0.6) is 0 Å². The van der Waals surface area contributed by atoms with Crippen molar-refractivity contribution < 1.29 is 42.2 Å². The summed E-state index contributed by atoms with van der Waals surface area (Å²) in [4.78, 5) is 20.5. The Bertz CT molecular complexity index is 548. The van der Waals surface area contributed by atoms with Crippen LogP contribution < -0.4 is 11.5 Å². The largest absolute Gasteiger partial charge is 0.480 e. The Hall–Kier alpha value is 0.660. The topological polar surface area (TPSA) is 173 Å². The van der Waals surface area contributed by atoms with E-state index in [1.54, 1.807) is 0 Å². The Labute approximate surface area is 201 Å². The fraction of sp³-hybridized carbons (Fsp3) is 0.857. The summed E-state index contributed by atoms with van der Waals surface area (Å²) >= 11 is 10.4. The van der Waals surface area contributed by atoms with Gasteiger partial charge in [0.25, 0.3) is 0 Å². The minimum Gasteiger partial charge on any atom is -0.480 e. The second-order valence-corrected chi connectivity index (χ2v) is 13.8. The first-order valence-corrected chi connectivity index (χ1v) is 16.7. The Morgan fingerprint density at radius 2 is 1.03 bits per heavy atom. The van der Waals surface area contributed by atoms with Crippen LogP contribution in [0, 0.1) is 0 Å². The predicted molar refractivity (Wildman–Crippen MR) is 132 cm³/mol. The van der Waals surface area contributed by atoms with E-state index in [2.05, 4.69) is 0 Å². The molecule has 6 N–H and O–H groups in total. The molecule has 31 heavy (non-hydrogen) atoms. The molecule has 0 radical (unpaired) electrons. The van der Waals surface area contributed by atoms with Crippen molar-refractivity contribution in [2.75, 3.05) is 37.9 Å². The van der Waals surface area contributed by atoms with E-state index in [1.165, 1.54) is 21.6 Å². The van der Waals surface area contributed by atoms with Gasteiger partial charge in [0.1, 0.15) is 12.1 Å². The second-order valence-electron chi connectivity index (χ2n) is 5.11. The van der Waals surface area contributed by atoms with Crippen LogP contribution in [-0.2, 0) is 55.6 Å².